The lowest BCUT2D eigenvalue weighted by Crippen LogP contribution is -2.21. The van der Waals surface area contributed by atoms with Crippen LogP contribution in [0.5, 0.6) is 0 Å². The van der Waals surface area contributed by atoms with Crippen LogP contribution in [-0.2, 0) is 9.84 Å². The average Bonchev–Trinajstić information content (AvgIpc) is 1.84. The molecular formula is C5H12ClNO2S. The van der Waals surface area contributed by atoms with Crippen LogP contribution in [0.15, 0.2) is 0 Å². The van der Waals surface area contributed by atoms with E-state index in [9.17, 15) is 8.42 Å². The Morgan fingerprint density at radius 1 is 1.40 bits per heavy atom. The molecule has 3 nitrogen and oxygen atoms in total. The first kappa shape index (κ1) is 10.2. The summed E-state index contributed by atoms with van der Waals surface area (Å²) in [6, 6.07) is 0. The molecule has 0 saturated carbocycles. The molecule has 0 aromatic rings. The lowest BCUT2D eigenvalue weighted by atomic mass is 10.8. The quantitative estimate of drug-likeness (QED) is 0.607. The van der Waals surface area contributed by atoms with Gasteiger partial charge in [0, 0.05) is 12.4 Å². The largest absolute Gasteiger partial charge is 0.319 e. The first-order valence-electron chi connectivity index (χ1n) is 3.03. The average molecular weight is 186 g/mol. The Kier molecular flexibility index (Phi) is 5.03. The summed E-state index contributed by atoms with van der Waals surface area (Å²) in [4.78, 5) is 0. The molecule has 10 heavy (non-hydrogen) atoms. The van der Waals surface area contributed by atoms with Gasteiger partial charge in [0.2, 0.25) is 0 Å². The molecule has 0 aliphatic heterocycles. The van der Waals surface area contributed by atoms with E-state index >= 15 is 0 Å². The van der Waals surface area contributed by atoms with Gasteiger partial charge in [0.05, 0.1) is 11.5 Å². The maximum absolute atomic E-state index is 10.9. The fourth-order valence-electron chi connectivity index (χ4n) is 0.477. The fraction of sp³-hybridized carbons (Fsp3) is 1.00. The van der Waals surface area contributed by atoms with E-state index in [1.165, 1.54) is 0 Å². The Labute approximate surface area is 66.7 Å². The number of hydrogen-bond donors (Lipinski definition) is 1. The summed E-state index contributed by atoms with van der Waals surface area (Å²) in [7, 11) is -1.17. The monoisotopic (exact) mass is 185 g/mol. The minimum Gasteiger partial charge on any atom is -0.319 e. The third-order valence-electron chi connectivity index (χ3n) is 1.05. The maximum Gasteiger partial charge on any atom is 0.152 e. The lowest BCUT2D eigenvalue weighted by Gasteiger charge is -1.99. The molecule has 0 bridgehead atoms. The van der Waals surface area contributed by atoms with Gasteiger partial charge in [-0.25, -0.2) is 8.42 Å². The van der Waals surface area contributed by atoms with E-state index in [0.29, 0.717) is 6.54 Å². The second-order valence-corrected chi connectivity index (χ2v) is 4.63. The molecule has 62 valence electrons. The summed E-state index contributed by atoms with van der Waals surface area (Å²) in [6.07, 6.45) is 0. The molecule has 0 amide bonds. The molecule has 0 aromatic heterocycles. The van der Waals surface area contributed by atoms with Crippen molar-refractivity contribution in [3.8, 4) is 0 Å². The SMILES string of the molecule is CNCCS(=O)(=O)CCCl. The second-order valence-electron chi connectivity index (χ2n) is 1.94. The Morgan fingerprint density at radius 2 is 2.00 bits per heavy atom. The van der Waals surface area contributed by atoms with Crippen LogP contribution in [0.2, 0.25) is 0 Å². The summed E-state index contributed by atoms with van der Waals surface area (Å²) in [5.74, 6) is 0.443. The first-order valence-corrected chi connectivity index (χ1v) is 5.39. The zero-order valence-electron chi connectivity index (χ0n) is 5.93. The zero-order valence-corrected chi connectivity index (χ0v) is 7.50. The fourth-order valence-corrected chi connectivity index (χ4v) is 2.14. The van der Waals surface area contributed by atoms with Gasteiger partial charge in [-0.3, -0.25) is 0 Å². The highest BCUT2D eigenvalue weighted by atomic mass is 35.5. The summed E-state index contributed by atoms with van der Waals surface area (Å²) in [6.45, 7) is 0.499. The van der Waals surface area contributed by atoms with E-state index in [2.05, 4.69) is 5.32 Å². The summed E-state index contributed by atoms with van der Waals surface area (Å²) in [5, 5.41) is 2.76. The van der Waals surface area contributed by atoms with Crippen LogP contribution >= 0.6 is 11.6 Å². The number of sulfone groups is 1. The lowest BCUT2D eigenvalue weighted by molar-refractivity contribution is 0.595. The van der Waals surface area contributed by atoms with E-state index in [-0.39, 0.29) is 17.4 Å². The number of alkyl halides is 1. The smallest absolute Gasteiger partial charge is 0.152 e. The van der Waals surface area contributed by atoms with Crippen LogP contribution in [0.25, 0.3) is 0 Å². The highest BCUT2D eigenvalue weighted by Gasteiger charge is 2.07. The first-order chi connectivity index (χ1) is 4.62. The molecule has 0 atom stereocenters. The normalized spacial score (nSPS) is 11.8. The Hall–Kier alpha value is 0.200. The Bertz CT molecular complexity index is 166. The van der Waals surface area contributed by atoms with Gasteiger partial charge in [0.15, 0.2) is 9.84 Å². The van der Waals surface area contributed by atoms with Crippen molar-refractivity contribution in [3.63, 3.8) is 0 Å². The topological polar surface area (TPSA) is 46.2 Å². The van der Waals surface area contributed by atoms with Gasteiger partial charge in [-0.05, 0) is 7.05 Å². The highest BCUT2D eigenvalue weighted by molar-refractivity contribution is 7.91. The molecule has 1 N–H and O–H groups in total. The van der Waals surface area contributed by atoms with Crippen molar-refractivity contribution in [2.75, 3.05) is 31.0 Å². The molecule has 0 unspecified atom stereocenters. The summed E-state index contributed by atoms with van der Waals surface area (Å²) < 4.78 is 21.7. The van der Waals surface area contributed by atoms with E-state index < -0.39 is 9.84 Å². The van der Waals surface area contributed by atoms with Gasteiger partial charge in [-0.1, -0.05) is 0 Å². The predicted octanol–water partition coefficient (Wildman–Crippen LogP) is -0.141. The van der Waals surface area contributed by atoms with E-state index in [4.69, 9.17) is 11.6 Å². The molecule has 0 radical (unpaired) electrons. The van der Waals surface area contributed by atoms with Gasteiger partial charge in [0.1, 0.15) is 0 Å². The molecule has 0 rings (SSSR count). The molecule has 0 spiro atoms. The molecule has 0 aliphatic rings. The van der Waals surface area contributed by atoms with E-state index in [1.54, 1.807) is 7.05 Å². The zero-order chi connectivity index (χ0) is 8.04. The third-order valence-corrected chi connectivity index (χ3v) is 3.12. The number of nitrogens with one attached hydrogen (secondary N) is 1. The van der Waals surface area contributed by atoms with Crippen molar-refractivity contribution in [1.82, 2.24) is 5.32 Å². The second kappa shape index (κ2) is 4.93. The van der Waals surface area contributed by atoms with Crippen molar-refractivity contribution in [2.45, 2.75) is 0 Å². The van der Waals surface area contributed by atoms with Gasteiger partial charge >= 0.3 is 0 Å². The van der Waals surface area contributed by atoms with Gasteiger partial charge < -0.3 is 5.32 Å². The van der Waals surface area contributed by atoms with Crippen LogP contribution < -0.4 is 5.32 Å². The summed E-state index contributed by atoms with van der Waals surface area (Å²) in [5.41, 5.74) is 0. The standard InChI is InChI=1S/C5H12ClNO2S/c1-7-3-5-10(8,9)4-2-6/h7H,2-5H2,1H3. The molecule has 0 saturated heterocycles. The molecular weight excluding hydrogens is 174 g/mol. The number of hydrogen-bond acceptors (Lipinski definition) is 3. The van der Waals surface area contributed by atoms with E-state index in [1.807, 2.05) is 0 Å². The number of rotatable bonds is 5. The third kappa shape index (κ3) is 5.02. The van der Waals surface area contributed by atoms with Crippen molar-refractivity contribution in [3.05, 3.63) is 0 Å². The van der Waals surface area contributed by atoms with Gasteiger partial charge in [-0.2, -0.15) is 0 Å². The van der Waals surface area contributed by atoms with Crippen LogP contribution in [-0.4, -0.2) is 39.4 Å². The van der Waals surface area contributed by atoms with Crippen LogP contribution in [0.1, 0.15) is 0 Å². The Balaban J connectivity index is 3.65. The predicted molar refractivity (Wildman–Crippen MR) is 43.3 cm³/mol. The van der Waals surface area contributed by atoms with Crippen molar-refractivity contribution in [2.24, 2.45) is 0 Å². The molecule has 5 heteroatoms. The van der Waals surface area contributed by atoms with Gasteiger partial charge in [0.25, 0.3) is 0 Å². The van der Waals surface area contributed by atoms with Crippen molar-refractivity contribution in [1.29, 1.82) is 0 Å². The minimum absolute atomic E-state index is 0.0796. The van der Waals surface area contributed by atoms with Gasteiger partial charge in [-0.15, -0.1) is 11.6 Å². The Morgan fingerprint density at radius 3 is 2.40 bits per heavy atom. The molecule has 0 fully saturated rings. The van der Waals surface area contributed by atoms with Crippen LogP contribution in [0.4, 0.5) is 0 Å². The van der Waals surface area contributed by atoms with Crippen molar-refractivity contribution >= 4 is 21.4 Å². The van der Waals surface area contributed by atoms with E-state index in [0.717, 1.165) is 0 Å². The van der Waals surface area contributed by atoms with Crippen molar-refractivity contribution < 1.29 is 8.42 Å². The minimum atomic E-state index is -2.89. The number of halogens is 1. The highest BCUT2D eigenvalue weighted by Crippen LogP contribution is 1.90. The summed E-state index contributed by atoms with van der Waals surface area (Å²) >= 11 is 5.27. The molecule has 0 aliphatic carbocycles. The maximum atomic E-state index is 10.9. The molecule has 0 heterocycles. The van der Waals surface area contributed by atoms with Crippen LogP contribution in [0, 0.1) is 0 Å². The molecule has 0 aromatic carbocycles. The van der Waals surface area contributed by atoms with Crippen LogP contribution in [0.3, 0.4) is 0 Å².